The molecular weight excluding hydrogens is 623 g/mol. The monoisotopic (exact) mass is 659 g/mol. The summed E-state index contributed by atoms with van der Waals surface area (Å²) in [6, 6.07) is 6.39. The van der Waals surface area contributed by atoms with Crippen LogP contribution in [0.2, 0.25) is 0 Å². The number of rotatable bonds is 6. The van der Waals surface area contributed by atoms with E-state index in [9.17, 15) is 22.2 Å². The van der Waals surface area contributed by atoms with Crippen LogP contribution in [0.4, 0.5) is 24.8 Å². The number of nitrogens with zero attached hydrogens (tertiary/aromatic N) is 5. The Bertz CT molecular complexity index is 1540. The minimum absolute atomic E-state index is 0.0815. The van der Waals surface area contributed by atoms with E-state index in [0.29, 0.717) is 55.0 Å². The molecule has 1 saturated carbocycles. The van der Waals surface area contributed by atoms with Gasteiger partial charge in [-0.15, -0.1) is 11.7 Å². The van der Waals surface area contributed by atoms with Gasteiger partial charge in [0, 0.05) is 31.4 Å². The van der Waals surface area contributed by atoms with E-state index >= 15 is 0 Å². The number of fused-ring (bicyclic) bond motifs is 8. The van der Waals surface area contributed by atoms with Crippen molar-refractivity contribution < 1.29 is 31.6 Å². The second kappa shape index (κ2) is 12.6. The van der Waals surface area contributed by atoms with E-state index in [1.54, 1.807) is 35.4 Å². The highest BCUT2D eigenvalue weighted by molar-refractivity contribution is 7.83. The van der Waals surface area contributed by atoms with Gasteiger partial charge in [-0.3, -0.25) is 9.52 Å². The Morgan fingerprint density at radius 3 is 2.76 bits per heavy atom. The highest BCUT2D eigenvalue weighted by atomic mass is 32.2. The van der Waals surface area contributed by atoms with Crippen molar-refractivity contribution in [2.75, 3.05) is 36.2 Å². The molecule has 2 aromatic heterocycles. The molecule has 3 atom stereocenters. The quantitative estimate of drug-likeness (QED) is 0.321. The Hall–Kier alpha value is -4.01. The fourth-order valence-corrected chi connectivity index (χ4v) is 7.00. The number of carbonyl (C=O) groups is 1. The van der Waals surface area contributed by atoms with Crippen LogP contribution in [0.1, 0.15) is 61.7 Å². The number of alkyl halides is 3. The molecule has 4 aliphatic heterocycles. The van der Waals surface area contributed by atoms with Crippen LogP contribution in [0.3, 0.4) is 0 Å². The Labute approximate surface area is 267 Å². The number of aromatic nitrogens is 2. The van der Waals surface area contributed by atoms with Crippen molar-refractivity contribution in [3.63, 3.8) is 0 Å². The fourth-order valence-electron chi connectivity index (χ4n) is 6.26. The molecule has 46 heavy (non-hydrogen) atoms. The molecule has 11 nitrogen and oxygen atoms in total. The highest BCUT2D eigenvalue weighted by Gasteiger charge is 2.62. The topological polar surface area (TPSA) is 133 Å². The normalized spacial score (nSPS) is 26.0. The molecule has 1 saturated heterocycles. The smallest absolute Gasteiger partial charge is 0.394 e. The fraction of sp³-hybridized carbons (Fsp3) is 0.516. The Morgan fingerprint density at radius 1 is 1.24 bits per heavy atom. The van der Waals surface area contributed by atoms with Crippen molar-refractivity contribution in [1.29, 1.82) is 5.41 Å². The zero-order chi connectivity index (χ0) is 32.5. The van der Waals surface area contributed by atoms with Crippen molar-refractivity contribution >= 4 is 40.6 Å². The zero-order valence-electron chi connectivity index (χ0n) is 25.2. The van der Waals surface area contributed by atoms with E-state index in [2.05, 4.69) is 21.4 Å². The maximum atomic E-state index is 13.7. The molecular formula is C31H36F3N7O4S. The van der Waals surface area contributed by atoms with Crippen LogP contribution < -0.4 is 19.4 Å². The predicted molar refractivity (Wildman–Crippen MR) is 167 cm³/mol. The van der Waals surface area contributed by atoms with Gasteiger partial charge in [-0.1, -0.05) is 6.08 Å². The first-order valence-corrected chi connectivity index (χ1v) is 16.5. The lowest BCUT2D eigenvalue weighted by molar-refractivity contribution is -0.190. The predicted octanol–water partition coefficient (Wildman–Crippen LogP) is 5.17. The van der Waals surface area contributed by atoms with Crippen LogP contribution in [0.25, 0.3) is 0 Å². The molecule has 2 fully saturated rings. The Kier molecular flexibility index (Phi) is 8.79. The van der Waals surface area contributed by atoms with Gasteiger partial charge in [0.2, 0.25) is 11.8 Å². The van der Waals surface area contributed by atoms with E-state index in [1.165, 1.54) is 12.4 Å². The van der Waals surface area contributed by atoms with Crippen LogP contribution in [0.15, 0.2) is 53.1 Å². The number of hydrazone groups is 1. The van der Waals surface area contributed by atoms with E-state index in [4.69, 9.17) is 19.9 Å². The lowest BCUT2D eigenvalue weighted by Crippen LogP contribution is -2.45. The summed E-state index contributed by atoms with van der Waals surface area (Å²) in [7, 11) is -1.93. The molecule has 7 rings (SSSR count). The van der Waals surface area contributed by atoms with Crippen LogP contribution in [-0.4, -0.2) is 70.2 Å². The average Bonchev–Trinajstić information content (AvgIpc) is 3.55. The van der Waals surface area contributed by atoms with Crippen LogP contribution in [-0.2, 0) is 15.7 Å². The molecule has 0 spiro atoms. The van der Waals surface area contributed by atoms with Gasteiger partial charge in [0.1, 0.15) is 5.82 Å². The summed E-state index contributed by atoms with van der Waals surface area (Å²) < 4.78 is 67.0. The molecule has 1 aliphatic carbocycles. The number of anilines is 2. The third kappa shape index (κ3) is 6.33. The summed E-state index contributed by atoms with van der Waals surface area (Å²) in [5.41, 5.74) is -2.40. The number of halogens is 3. The summed E-state index contributed by atoms with van der Waals surface area (Å²) in [5.74, 6) is 0.945. The zero-order valence-corrected chi connectivity index (χ0v) is 26.0. The first-order valence-electron chi connectivity index (χ1n) is 15.4. The van der Waals surface area contributed by atoms with Gasteiger partial charge in [-0.2, -0.15) is 13.2 Å². The number of pyridine rings is 2. The summed E-state index contributed by atoms with van der Waals surface area (Å²) >= 11 is 0. The molecule has 246 valence electrons. The molecule has 6 heterocycles. The third-order valence-corrected chi connectivity index (χ3v) is 10.3. The maximum absolute atomic E-state index is 13.7. The first kappa shape index (κ1) is 32.0. The lowest BCUT2D eigenvalue weighted by atomic mass is 9.90. The summed E-state index contributed by atoms with van der Waals surface area (Å²) in [6.07, 6.45) is 3.81. The number of nitrogens with one attached hydrogen (secondary N) is 2. The Balaban J connectivity index is 1.29. The van der Waals surface area contributed by atoms with E-state index in [0.717, 1.165) is 19.3 Å². The second-order valence-corrected chi connectivity index (χ2v) is 13.4. The lowest BCUT2D eigenvalue weighted by Gasteiger charge is -2.34. The summed E-state index contributed by atoms with van der Waals surface area (Å²) in [5, 5.41) is 14.4. The number of hydrogen-bond acceptors (Lipinski definition) is 10. The first-order chi connectivity index (χ1) is 22.1. The van der Waals surface area contributed by atoms with Gasteiger partial charge in [0.25, 0.3) is 5.91 Å². The molecule has 3 unspecified atom stereocenters. The van der Waals surface area contributed by atoms with Gasteiger partial charge in [-0.05, 0) is 69.1 Å². The molecule has 2 N–H and O–H groups in total. The van der Waals surface area contributed by atoms with Crippen molar-refractivity contribution in [3.05, 3.63) is 48.7 Å². The SMILES string of the molecule is C=CC1(C=N)CC2CCCCOc3ccc(cn3)S(=O)NC(=O)c3ccc(N4CCC(OCCC5(C(F)(F)F)CC5)=N4)nc3N1C2. The van der Waals surface area contributed by atoms with Gasteiger partial charge in [-0.25, -0.2) is 19.2 Å². The van der Waals surface area contributed by atoms with E-state index in [1.807, 2.05) is 4.90 Å². The Morgan fingerprint density at radius 2 is 2.07 bits per heavy atom. The average molecular weight is 660 g/mol. The van der Waals surface area contributed by atoms with Crippen molar-refractivity contribution in [2.45, 2.75) is 68.0 Å². The standard InChI is InChI=1S/C31H36F3N7O4S/c1-2-30(20-35)17-21-5-3-4-15-44-25-9-6-22(18-36-25)46(43)39-28(42)23-7-8-24(37-27(23)40(30)19-21)41-14-10-26(38-41)45-16-13-29(11-12-29)31(32,33)34/h2,6-9,18,20-21,35H,1,3-5,10-17,19H2,(H,39,42). The molecule has 15 heteroatoms. The molecule has 0 radical (unpaired) electrons. The van der Waals surface area contributed by atoms with Gasteiger partial charge >= 0.3 is 6.18 Å². The maximum Gasteiger partial charge on any atom is 0.394 e. The molecule has 4 bridgehead atoms. The number of carbonyl (C=O) groups excluding carboxylic acids is 1. The van der Waals surface area contributed by atoms with Crippen molar-refractivity contribution in [1.82, 2.24) is 14.7 Å². The largest absolute Gasteiger partial charge is 0.480 e. The van der Waals surface area contributed by atoms with Crippen LogP contribution in [0.5, 0.6) is 5.88 Å². The number of hydrogen-bond donors (Lipinski definition) is 2. The van der Waals surface area contributed by atoms with Crippen LogP contribution in [0, 0.1) is 16.7 Å². The van der Waals surface area contributed by atoms with Crippen LogP contribution >= 0.6 is 0 Å². The molecule has 1 amide bonds. The van der Waals surface area contributed by atoms with Crippen molar-refractivity contribution in [3.8, 4) is 5.88 Å². The second-order valence-electron chi connectivity index (χ2n) is 12.2. The minimum Gasteiger partial charge on any atom is -0.480 e. The summed E-state index contributed by atoms with van der Waals surface area (Å²) in [4.78, 5) is 24.9. The number of ether oxygens (including phenoxy) is 2. The third-order valence-electron chi connectivity index (χ3n) is 9.23. The molecule has 2 aromatic rings. The summed E-state index contributed by atoms with van der Waals surface area (Å²) in [6.45, 7) is 5.30. The van der Waals surface area contributed by atoms with Gasteiger partial charge in [0.05, 0.1) is 41.2 Å². The molecule has 0 aromatic carbocycles. The number of amides is 1. The van der Waals surface area contributed by atoms with Gasteiger partial charge < -0.3 is 19.8 Å². The molecule has 5 aliphatic rings. The highest BCUT2D eigenvalue weighted by Crippen LogP contribution is 2.59. The van der Waals surface area contributed by atoms with Crippen molar-refractivity contribution in [2.24, 2.45) is 16.4 Å². The van der Waals surface area contributed by atoms with E-state index < -0.39 is 34.0 Å². The minimum atomic E-state index is -4.24. The van der Waals surface area contributed by atoms with Gasteiger partial charge in [0.15, 0.2) is 16.8 Å². The van der Waals surface area contributed by atoms with E-state index in [-0.39, 0.29) is 43.2 Å².